The number of aromatic nitrogens is 2. The molecule has 0 aliphatic rings. The molecule has 0 fully saturated rings. The molecule has 3 nitrogen and oxygen atoms in total. The topological polar surface area (TPSA) is 45.8 Å². The first-order valence-electron chi connectivity index (χ1n) is 4.87. The van der Waals surface area contributed by atoms with Gasteiger partial charge in [0.2, 0.25) is 0 Å². The van der Waals surface area contributed by atoms with Crippen LogP contribution in [-0.4, -0.2) is 21.1 Å². The molecule has 0 amide bonds. The Bertz CT molecular complexity index is 353. The van der Waals surface area contributed by atoms with E-state index in [4.69, 9.17) is 0 Å². The number of rotatable bonds is 5. The summed E-state index contributed by atoms with van der Waals surface area (Å²) < 4.78 is 0. The van der Waals surface area contributed by atoms with E-state index in [1.807, 2.05) is 0 Å². The normalized spacial score (nSPS) is 13.1. The first kappa shape index (κ1) is 12.8. The molecule has 1 rings (SSSR count). The van der Waals surface area contributed by atoms with Crippen LogP contribution in [0, 0.1) is 11.8 Å². The minimum Gasteiger partial charge on any atom is -0.301 e. The zero-order valence-corrected chi connectivity index (χ0v) is 11.3. The summed E-state index contributed by atoms with van der Waals surface area (Å²) in [4.78, 5) is 17.8. The van der Waals surface area contributed by atoms with E-state index >= 15 is 0 Å². The quantitative estimate of drug-likeness (QED) is 0.515. The van der Waals surface area contributed by atoms with Gasteiger partial charge < -0.3 is 4.98 Å². The van der Waals surface area contributed by atoms with Crippen LogP contribution >= 0.6 is 27.7 Å². The average molecular weight is 291 g/mol. The Morgan fingerprint density at radius 2 is 2.33 bits per heavy atom. The molecule has 1 heterocycles. The second kappa shape index (κ2) is 6.33. The van der Waals surface area contributed by atoms with E-state index in [9.17, 15) is 4.79 Å². The van der Waals surface area contributed by atoms with Gasteiger partial charge in [0.1, 0.15) is 0 Å². The fraction of sp³-hybridized carbons (Fsp3) is 0.600. The summed E-state index contributed by atoms with van der Waals surface area (Å²) in [6, 6.07) is 1.43. The van der Waals surface area contributed by atoms with Gasteiger partial charge in [-0.1, -0.05) is 41.5 Å². The highest BCUT2D eigenvalue weighted by Gasteiger charge is 2.12. The highest BCUT2D eigenvalue weighted by atomic mass is 79.9. The summed E-state index contributed by atoms with van der Waals surface area (Å²) in [7, 11) is 0. The first-order valence-corrected chi connectivity index (χ1v) is 6.98. The van der Waals surface area contributed by atoms with Crippen LogP contribution in [0.2, 0.25) is 0 Å². The summed E-state index contributed by atoms with van der Waals surface area (Å²) in [5, 5.41) is 1.68. The van der Waals surface area contributed by atoms with E-state index in [1.54, 1.807) is 18.0 Å². The molecule has 0 aliphatic heterocycles. The lowest BCUT2D eigenvalue weighted by Gasteiger charge is -2.16. The zero-order valence-electron chi connectivity index (χ0n) is 8.87. The number of halogens is 1. The maximum atomic E-state index is 11.0. The van der Waals surface area contributed by atoms with Gasteiger partial charge in [-0.2, -0.15) is 0 Å². The Hall–Kier alpha value is -0.290. The van der Waals surface area contributed by atoms with E-state index in [-0.39, 0.29) is 5.56 Å². The maximum absolute atomic E-state index is 11.0. The second-order valence-corrected chi connectivity index (χ2v) is 5.36. The molecule has 1 atom stereocenters. The van der Waals surface area contributed by atoms with E-state index in [1.165, 1.54) is 6.07 Å². The molecule has 1 unspecified atom stereocenters. The number of H-pyrrole nitrogens is 1. The molecule has 5 heteroatoms. The van der Waals surface area contributed by atoms with Gasteiger partial charge >= 0.3 is 0 Å². The predicted octanol–water partition coefficient (Wildman–Crippen LogP) is 2.53. The SMILES string of the molecule is CC(C)C(CBr)CSc1nccc(=O)[nH]1. The van der Waals surface area contributed by atoms with Gasteiger partial charge in [0, 0.05) is 23.3 Å². The van der Waals surface area contributed by atoms with Crippen molar-refractivity contribution in [3.05, 3.63) is 22.6 Å². The predicted molar refractivity (Wildman–Crippen MR) is 67.7 cm³/mol. The van der Waals surface area contributed by atoms with Crippen molar-refractivity contribution in [3.8, 4) is 0 Å². The van der Waals surface area contributed by atoms with Crippen LogP contribution in [0.25, 0.3) is 0 Å². The summed E-state index contributed by atoms with van der Waals surface area (Å²) in [6.07, 6.45) is 1.54. The van der Waals surface area contributed by atoms with Gasteiger partial charge in [0.15, 0.2) is 5.16 Å². The van der Waals surface area contributed by atoms with Crippen molar-refractivity contribution < 1.29 is 0 Å². The van der Waals surface area contributed by atoms with Crippen LogP contribution in [-0.2, 0) is 0 Å². The smallest absolute Gasteiger partial charge is 0.251 e. The second-order valence-electron chi connectivity index (χ2n) is 3.71. The van der Waals surface area contributed by atoms with Gasteiger partial charge in [0.25, 0.3) is 5.56 Å². The third kappa shape index (κ3) is 4.38. The Morgan fingerprint density at radius 3 is 2.87 bits per heavy atom. The van der Waals surface area contributed by atoms with E-state index in [0.717, 1.165) is 11.1 Å². The van der Waals surface area contributed by atoms with Crippen LogP contribution in [0.4, 0.5) is 0 Å². The third-order valence-electron chi connectivity index (χ3n) is 2.22. The Kier molecular flexibility index (Phi) is 5.39. The number of thioether (sulfide) groups is 1. The van der Waals surface area contributed by atoms with Crippen LogP contribution < -0.4 is 5.56 Å². The van der Waals surface area contributed by atoms with Gasteiger partial charge in [-0.25, -0.2) is 4.98 Å². The number of nitrogens with one attached hydrogen (secondary N) is 1. The highest BCUT2D eigenvalue weighted by molar-refractivity contribution is 9.09. The molecule has 1 N–H and O–H groups in total. The highest BCUT2D eigenvalue weighted by Crippen LogP contribution is 2.22. The van der Waals surface area contributed by atoms with Crippen molar-refractivity contribution in [1.29, 1.82) is 0 Å². The molecule has 0 radical (unpaired) electrons. The first-order chi connectivity index (χ1) is 7.13. The fourth-order valence-electron chi connectivity index (χ4n) is 1.03. The van der Waals surface area contributed by atoms with Gasteiger partial charge in [-0.05, 0) is 11.8 Å². The summed E-state index contributed by atoms with van der Waals surface area (Å²) >= 11 is 5.10. The maximum Gasteiger partial charge on any atom is 0.251 e. The minimum absolute atomic E-state index is 0.0903. The molecule has 0 aliphatic carbocycles. The number of aromatic amines is 1. The molecule has 1 aromatic rings. The van der Waals surface area contributed by atoms with Gasteiger partial charge in [-0.3, -0.25) is 4.79 Å². The summed E-state index contributed by atoms with van der Waals surface area (Å²) in [5.41, 5.74) is -0.0903. The molecule has 0 spiro atoms. The molecular weight excluding hydrogens is 276 g/mol. The number of hydrogen-bond acceptors (Lipinski definition) is 3. The Balaban J connectivity index is 2.52. The lowest BCUT2D eigenvalue weighted by atomic mass is 10.0. The standard InChI is InChI=1S/C10H15BrN2OS/c1-7(2)8(5-11)6-15-10-12-4-3-9(14)13-10/h3-4,7-8H,5-6H2,1-2H3,(H,12,13,14). The monoisotopic (exact) mass is 290 g/mol. The molecule has 1 aromatic heterocycles. The number of alkyl halides is 1. The molecule has 0 aromatic carbocycles. The van der Waals surface area contributed by atoms with Crippen LogP contribution in [0.15, 0.2) is 22.2 Å². The van der Waals surface area contributed by atoms with Crippen LogP contribution in [0.5, 0.6) is 0 Å². The molecule has 0 saturated carbocycles. The van der Waals surface area contributed by atoms with Crippen molar-refractivity contribution in [2.45, 2.75) is 19.0 Å². The van der Waals surface area contributed by atoms with Crippen LogP contribution in [0.1, 0.15) is 13.8 Å². The van der Waals surface area contributed by atoms with Crippen LogP contribution in [0.3, 0.4) is 0 Å². The summed E-state index contributed by atoms with van der Waals surface area (Å²) in [5.74, 6) is 2.20. The van der Waals surface area contributed by atoms with E-state index < -0.39 is 0 Å². The number of nitrogens with zero attached hydrogens (tertiary/aromatic N) is 1. The lowest BCUT2D eigenvalue weighted by Crippen LogP contribution is -2.14. The van der Waals surface area contributed by atoms with Crippen molar-refractivity contribution in [3.63, 3.8) is 0 Å². The third-order valence-corrected chi connectivity index (χ3v) is 4.13. The molecular formula is C10H15BrN2OS. The van der Waals surface area contributed by atoms with Crippen molar-refractivity contribution >= 4 is 27.7 Å². The largest absolute Gasteiger partial charge is 0.301 e. The molecule has 0 saturated heterocycles. The van der Waals surface area contributed by atoms with E-state index in [0.29, 0.717) is 17.0 Å². The minimum atomic E-state index is -0.0903. The molecule has 0 bridgehead atoms. The van der Waals surface area contributed by atoms with Gasteiger partial charge in [-0.15, -0.1) is 0 Å². The lowest BCUT2D eigenvalue weighted by molar-refractivity contribution is 0.474. The number of hydrogen-bond donors (Lipinski definition) is 1. The Labute approximate surface area is 102 Å². The molecule has 15 heavy (non-hydrogen) atoms. The van der Waals surface area contributed by atoms with Crippen molar-refractivity contribution in [2.75, 3.05) is 11.1 Å². The summed E-state index contributed by atoms with van der Waals surface area (Å²) in [6.45, 7) is 4.40. The average Bonchev–Trinajstić information content (AvgIpc) is 2.18. The van der Waals surface area contributed by atoms with Gasteiger partial charge in [0.05, 0.1) is 0 Å². The van der Waals surface area contributed by atoms with Crippen molar-refractivity contribution in [1.82, 2.24) is 9.97 Å². The Morgan fingerprint density at radius 1 is 1.60 bits per heavy atom. The van der Waals surface area contributed by atoms with E-state index in [2.05, 4.69) is 39.7 Å². The molecule has 84 valence electrons. The fourth-order valence-corrected chi connectivity index (χ4v) is 3.49. The van der Waals surface area contributed by atoms with Crippen molar-refractivity contribution in [2.24, 2.45) is 11.8 Å². The zero-order chi connectivity index (χ0) is 11.3.